The van der Waals surface area contributed by atoms with Crippen molar-refractivity contribution in [3.05, 3.63) is 45.9 Å². The maximum Gasteiger partial charge on any atom is 0.227 e. The number of carbonyl (C=O) groups is 2. The average Bonchev–Trinajstić information content (AvgIpc) is 3.19. The van der Waals surface area contributed by atoms with Crippen LogP contribution in [0.5, 0.6) is 0 Å². The van der Waals surface area contributed by atoms with Crippen LogP contribution >= 0.6 is 34.8 Å². The Morgan fingerprint density at radius 2 is 2.04 bits per heavy atom. The summed E-state index contributed by atoms with van der Waals surface area (Å²) in [5.41, 5.74) is 3.28. The number of nitrogens with zero attached hydrogens (tertiary/aromatic N) is 2. The second kappa shape index (κ2) is 6.82. The quantitative estimate of drug-likeness (QED) is 0.541. The normalized spacial score (nSPS) is 17.1. The van der Waals surface area contributed by atoms with Gasteiger partial charge in [0.15, 0.2) is 5.58 Å². The number of amides is 1. The van der Waals surface area contributed by atoms with Gasteiger partial charge in [-0.15, -0.1) is 0 Å². The number of benzene rings is 2. The van der Waals surface area contributed by atoms with E-state index in [0.29, 0.717) is 38.3 Å². The van der Waals surface area contributed by atoms with E-state index in [1.54, 1.807) is 17.0 Å². The molecular weight excluding hydrogens is 411 g/mol. The van der Waals surface area contributed by atoms with Crippen molar-refractivity contribution in [2.75, 3.05) is 11.4 Å². The molecule has 27 heavy (non-hydrogen) atoms. The molecule has 1 amide bonds. The summed E-state index contributed by atoms with van der Waals surface area (Å²) in [6, 6.07) is 8.80. The van der Waals surface area contributed by atoms with E-state index in [2.05, 4.69) is 4.98 Å². The number of hydrogen-bond donors (Lipinski definition) is 0. The minimum atomic E-state index is -0.495. The van der Waals surface area contributed by atoms with Gasteiger partial charge in [-0.3, -0.25) is 9.59 Å². The summed E-state index contributed by atoms with van der Waals surface area (Å²) in [5, 5.41) is 0.350. The molecule has 0 bridgehead atoms. The first kappa shape index (κ1) is 18.3. The van der Waals surface area contributed by atoms with Gasteiger partial charge in [-0.2, -0.15) is 0 Å². The lowest BCUT2D eigenvalue weighted by atomic mass is 10.1. The smallest absolute Gasteiger partial charge is 0.227 e. The molecule has 0 unspecified atom stereocenters. The van der Waals surface area contributed by atoms with Gasteiger partial charge in [0.25, 0.3) is 0 Å². The monoisotopic (exact) mass is 422 g/mol. The first-order chi connectivity index (χ1) is 12.8. The number of fused-ring (bicyclic) bond motifs is 1. The van der Waals surface area contributed by atoms with Crippen LogP contribution in [0.15, 0.2) is 34.7 Å². The van der Waals surface area contributed by atoms with Crippen molar-refractivity contribution in [1.29, 1.82) is 0 Å². The molecule has 1 aliphatic heterocycles. The van der Waals surface area contributed by atoms with Gasteiger partial charge in [0, 0.05) is 29.2 Å². The second-order valence-electron chi connectivity index (χ2n) is 6.47. The zero-order valence-electron chi connectivity index (χ0n) is 14.1. The number of aryl methyl sites for hydroxylation is 1. The third-order valence-electron chi connectivity index (χ3n) is 4.60. The van der Waals surface area contributed by atoms with Crippen LogP contribution in [0.25, 0.3) is 22.6 Å². The summed E-state index contributed by atoms with van der Waals surface area (Å²) in [4.78, 5) is 29.8. The van der Waals surface area contributed by atoms with Crippen molar-refractivity contribution in [3.63, 3.8) is 0 Å². The molecule has 1 atom stereocenters. The Bertz CT molecular complexity index is 1090. The van der Waals surface area contributed by atoms with Crippen molar-refractivity contribution in [1.82, 2.24) is 4.98 Å². The molecule has 0 radical (unpaired) electrons. The maximum atomic E-state index is 12.4. The van der Waals surface area contributed by atoms with Crippen LogP contribution in [-0.2, 0) is 9.59 Å². The fourth-order valence-corrected chi connectivity index (χ4v) is 3.88. The highest BCUT2D eigenvalue weighted by atomic mass is 35.5. The third-order valence-corrected chi connectivity index (χ3v) is 5.41. The first-order valence-electron chi connectivity index (χ1n) is 8.20. The van der Waals surface area contributed by atoms with Gasteiger partial charge in [0.2, 0.25) is 17.0 Å². The fourth-order valence-electron chi connectivity index (χ4n) is 3.21. The van der Waals surface area contributed by atoms with Crippen LogP contribution in [0.4, 0.5) is 5.69 Å². The summed E-state index contributed by atoms with van der Waals surface area (Å²) in [7, 11) is 0. The Hall–Kier alpha value is -2.08. The molecule has 1 aliphatic rings. The average molecular weight is 424 g/mol. The van der Waals surface area contributed by atoms with Crippen molar-refractivity contribution >= 4 is 62.7 Å². The Balaban J connectivity index is 1.76. The summed E-state index contributed by atoms with van der Waals surface area (Å²) < 4.78 is 5.80. The number of hydrogen-bond acceptors (Lipinski definition) is 4. The lowest BCUT2D eigenvalue weighted by molar-refractivity contribution is -0.120. The topological polar surface area (TPSA) is 63.4 Å². The summed E-state index contributed by atoms with van der Waals surface area (Å²) in [6.45, 7) is 2.16. The van der Waals surface area contributed by atoms with Crippen molar-refractivity contribution in [3.8, 4) is 11.5 Å². The predicted molar refractivity (Wildman–Crippen MR) is 106 cm³/mol. The van der Waals surface area contributed by atoms with E-state index in [1.807, 2.05) is 25.1 Å². The van der Waals surface area contributed by atoms with E-state index >= 15 is 0 Å². The molecule has 0 saturated carbocycles. The number of oxazole rings is 1. The molecule has 0 N–H and O–H groups in total. The van der Waals surface area contributed by atoms with Gasteiger partial charge >= 0.3 is 0 Å². The molecule has 8 heteroatoms. The van der Waals surface area contributed by atoms with Crippen LogP contribution < -0.4 is 4.90 Å². The van der Waals surface area contributed by atoms with Crippen LogP contribution in [0, 0.1) is 12.8 Å². The van der Waals surface area contributed by atoms with Gasteiger partial charge in [-0.05, 0) is 48.4 Å². The van der Waals surface area contributed by atoms with E-state index in [1.165, 1.54) is 0 Å². The van der Waals surface area contributed by atoms with Crippen LogP contribution in [0.1, 0.15) is 12.0 Å². The summed E-state index contributed by atoms with van der Waals surface area (Å²) in [6.07, 6.45) is 0.114. The minimum Gasteiger partial charge on any atom is -0.435 e. The molecule has 2 heterocycles. The van der Waals surface area contributed by atoms with Crippen LogP contribution in [0.3, 0.4) is 0 Å². The zero-order chi connectivity index (χ0) is 19.3. The Morgan fingerprint density at radius 3 is 2.74 bits per heavy atom. The highest BCUT2D eigenvalue weighted by molar-refractivity contribution is 6.64. The maximum absolute atomic E-state index is 12.4. The molecule has 3 aromatic rings. The number of aromatic nitrogens is 1. The third kappa shape index (κ3) is 3.31. The largest absolute Gasteiger partial charge is 0.435 e. The minimum absolute atomic E-state index is 0.114. The fraction of sp³-hybridized carbons (Fsp3) is 0.211. The van der Waals surface area contributed by atoms with Gasteiger partial charge in [-0.1, -0.05) is 29.3 Å². The van der Waals surface area contributed by atoms with E-state index in [9.17, 15) is 9.59 Å². The molecule has 1 fully saturated rings. The van der Waals surface area contributed by atoms with Gasteiger partial charge in [0.1, 0.15) is 5.52 Å². The van der Waals surface area contributed by atoms with Crippen molar-refractivity contribution < 1.29 is 14.0 Å². The standard InChI is InChI=1S/C19H13Cl3N2O3/c1-9-2-3-10(4-15(9)24-8-11(18(22)26)5-16(24)25)19-23-14-7-12(20)6-13(21)17(14)27-19/h2-4,6-7,11H,5,8H2,1H3/t11-/m1/s1. The zero-order valence-corrected chi connectivity index (χ0v) is 16.4. The van der Waals surface area contributed by atoms with E-state index in [4.69, 9.17) is 39.2 Å². The molecular formula is C19H13Cl3N2O3. The number of halogens is 3. The number of anilines is 1. The Kier molecular flexibility index (Phi) is 4.62. The Labute approximate surface area is 169 Å². The Morgan fingerprint density at radius 1 is 1.26 bits per heavy atom. The first-order valence-corrected chi connectivity index (χ1v) is 9.33. The molecule has 0 aliphatic carbocycles. The highest BCUT2D eigenvalue weighted by Crippen LogP contribution is 2.35. The van der Waals surface area contributed by atoms with Crippen LogP contribution in [-0.4, -0.2) is 22.7 Å². The molecule has 1 aromatic heterocycles. The SMILES string of the molecule is Cc1ccc(-c2nc3cc(Cl)cc(Cl)c3o2)cc1N1C[C@H](C(=O)Cl)CC1=O. The van der Waals surface area contributed by atoms with E-state index in [0.717, 1.165) is 5.56 Å². The van der Waals surface area contributed by atoms with Crippen molar-refractivity contribution in [2.45, 2.75) is 13.3 Å². The molecule has 138 valence electrons. The predicted octanol–water partition coefficient (Wildman–Crippen LogP) is 5.23. The summed E-state index contributed by atoms with van der Waals surface area (Å²) >= 11 is 17.8. The molecule has 1 saturated heterocycles. The summed E-state index contributed by atoms with van der Waals surface area (Å²) in [5.74, 6) is -0.263. The molecule has 0 spiro atoms. The number of carbonyl (C=O) groups excluding carboxylic acids is 2. The van der Waals surface area contributed by atoms with Gasteiger partial charge < -0.3 is 9.32 Å². The van der Waals surface area contributed by atoms with Gasteiger partial charge in [0.05, 0.1) is 10.9 Å². The second-order valence-corrected chi connectivity index (χ2v) is 7.68. The van der Waals surface area contributed by atoms with E-state index < -0.39 is 11.2 Å². The molecule has 2 aromatic carbocycles. The van der Waals surface area contributed by atoms with Gasteiger partial charge in [-0.25, -0.2) is 4.98 Å². The molecule has 4 rings (SSSR count). The molecule has 5 nitrogen and oxygen atoms in total. The van der Waals surface area contributed by atoms with Crippen LogP contribution in [0.2, 0.25) is 10.0 Å². The lowest BCUT2D eigenvalue weighted by Crippen LogP contribution is -2.26. The lowest BCUT2D eigenvalue weighted by Gasteiger charge is -2.19. The van der Waals surface area contributed by atoms with Crippen molar-refractivity contribution in [2.24, 2.45) is 5.92 Å². The highest BCUT2D eigenvalue weighted by Gasteiger charge is 2.35. The number of rotatable bonds is 3. The van der Waals surface area contributed by atoms with E-state index in [-0.39, 0.29) is 18.9 Å².